The normalized spacial score (nSPS) is 10.6. The Morgan fingerprint density at radius 2 is 1.79 bits per heavy atom. The molecule has 0 saturated heterocycles. The van der Waals surface area contributed by atoms with E-state index in [2.05, 4.69) is 9.97 Å². The Balaban J connectivity index is 1.66. The lowest BCUT2D eigenvalue weighted by atomic mass is 10.1. The number of rotatable bonds is 7. The number of aryl methyl sites for hydroxylation is 1. The molecule has 5 nitrogen and oxygen atoms in total. The fourth-order valence-corrected chi connectivity index (χ4v) is 3.63. The van der Waals surface area contributed by atoms with Gasteiger partial charge in [0.1, 0.15) is 0 Å². The number of thioether (sulfide) groups is 1. The van der Waals surface area contributed by atoms with E-state index < -0.39 is 0 Å². The monoisotopic (exact) mass is 394 g/mol. The lowest BCUT2D eigenvalue weighted by Gasteiger charge is -2.08. The van der Waals surface area contributed by atoms with Crippen molar-refractivity contribution < 1.29 is 9.53 Å². The number of esters is 1. The Morgan fingerprint density at radius 1 is 1.07 bits per heavy atom. The summed E-state index contributed by atoms with van der Waals surface area (Å²) in [4.78, 5) is 31.6. The van der Waals surface area contributed by atoms with Crippen LogP contribution in [0, 0.1) is 6.92 Å². The zero-order chi connectivity index (χ0) is 19.9. The van der Waals surface area contributed by atoms with Crippen LogP contribution in [-0.2, 0) is 16.9 Å². The molecule has 1 N–H and O–H groups in total. The van der Waals surface area contributed by atoms with E-state index in [0.717, 1.165) is 16.8 Å². The summed E-state index contributed by atoms with van der Waals surface area (Å²) in [5.74, 6) is 0.320. The first-order valence-electron chi connectivity index (χ1n) is 9.09. The number of H-pyrrole nitrogens is 1. The maximum atomic E-state index is 12.5. The van der Waals surface area contributed by atoms with Gasteiger partial charge in [0, 0.05) is 23.4 Å². The molecule has 0 amide bonds. The summed E-state index contributed by atoms with van der Waals surface area (Å²) >= 11 is 1.46. The summed E-state index contributed by atoms with van der Waals surface area (Å²) < 4.78 is 4.98. The molecule has 0 aliphatic carbocycles. The molecule has 0 bridgehead atoms. The first kappa shape index (κ1) is 19.9. The van der Waals surface area contributed by atoms with Gasteiger partial charge >= 0.3 is 5.97 Å². The van der Waals surface area contributed by atoms with Crippen molar-refractivity contribution in [3.63, 3.8) is 0 Å². The second kappa shape index (κ2) is 9.37. The summed E-state index contributed by atoms with van der Waals surface area (Å²) in [7, 11) is 0. The summed E-state index contributed by atoms with van der Waals surface area (Å²) in [5, 5.41) is 0.591. The largest absolute Gasteiger partial charge is 0.462 e. The van der Waals surface area contributed by atoms with Crippen LogP contribution in [-0.4, -0.2) is 22.5 Å². The number of hydrogen-bond acceptors (Lipinski definition) is 5. The predicted octanol–water partition coefficient (Wildman–Crippen LogP) is 4.14. The highest BCUT2D eigenvalue weighted by atomic mass is 32.2. The fraction of sp³-hybridized carbons (Fsp3) is 0.227. The number of ether oxygens (including phenoxy) is 1. The van der Waals surface area contributed by atoms with Gasteiger partial charge in [-0.05, 0) is 37.1 Å². The van der Waals surface area contributed by atoms with E-state index in [1.54, 1.807) is 19.1 Å². The van der Waals surface area contributed by atoms with Crippen LogP contribution in [0.2, 0.25) is 0 Å². The Bertz CT molecular complexity index is 999. The van der Waals surface area contributed by atoms with Crippen molar-refractivity contribution in [1.82, 2.24) is 9.97 Å². The van der Waals surface area contributed by atoms with Crippen LogP contribution in [0.5, 0.6) is 0 Å². The Hall–Kier alpha value is -2.86. The SMILES string of the molecule is CCOC(=O)c1ccc(CSc2nc(C)c(Cc3ccccc3)c(=O)[nH]2)cc1. The quantitative estimate of drug-likeness (QED) is 0.370. The third kappa shape index (κ3) is 5.10. The van der Waals surface area contributed by atoms with Crippen molar-refractivity contribution in [2.75, 3.05) is 6.61 Å². The highest BCUT2D eigenvalue weighted by Gasteiger charge is 2.10. The molecule has 0 spiro atoms. The molecule has 0 aliphatic heterocycles. The van der Waals surface area contributed by atoms with Crippen molar-refractivity contribution in [1.29, 1.82) is 0 Å². The maximum absolute atomic E-state index is 12.5. The average molecular weight is 394 g/mol. The Labute approximate surface area is 168 Å². The summed E-state index contributed by atoms with van der Waals surface area (Å²) in [6.45, 7) is 4.00. The minimum atomic E-state index is -0.322. The zero-order valence-corrected chi connectivity index (χ0v) is 16.7. The van der Waals surface area contributed by atoms with E-state index in [-0.39, 0.29) is 11.5 Å². The smallest absolute Gasteiger partial charge is 0.338 e. The van der Waals surface area contributed by atoms with Gasteiger partial charge in [-0.2, -0.15) is 0 Å². The van der Waals surface area contributed by atoms with Crippen LogP contribution in [0.15, 0.2) is 64.5 Å². The molecule has 0 unspecified atom stereocenters. The Morgan fingerprint density at radius 3 is 2.43 bits per heavy atom. The van der Waals surface area contributed by atoms with E-state index in [9.17, 15) is 9.59 Å². The van der Waals surface area contributed by atoms with Crippen LogP contribution < -0.4 is 5.56 Å². The summed E-state index contributed by atoms with van der Waals surface area (Å²) in [6, 6.07) is 17.1. The van der Waals surface area contributed by atoms with E-state index in [0.29, 0.717) is 35.1 Å². The number of aromatic nitrogens is 2. The number of nitrogens with zero attached hydrogens (tertiary/aromatic N) is 1. The van der Waals surface area contributed by atoms with Crippen molar-refractivity contribution in [3.05, 3.63) is 92.9 Å². The molecular weight excluding hydrogens is 372 g/mol. The molecule has 144 valence electrons. The third-order valence-corrected chi connectivity index (χ3v) is 5.21. The van der Waals surface area contributed by atoms with Gasteiger partial charge in [-0.3, -0.25) is 4.79 Å². The highest BCUT2D eigenvalue weighted by Crippen LogP contribution is 2.20. The van der Waals surface area contributed by atoms with Gasteiger partial charge in [0.15, 0.2) is 5.16 Å². The number of nitrogens with one attached hydrogen (secondary N) is 1. The van der Waals surface area contributed by atoms with Crippen LogP contribution >= 0.6 is 11.8 Å². The summed E-state index contributed by atoms with van der Waals surface area (Å²) in [6.07, 6.45) is 0.565. The van der Waals surface area contributed by atoms with Gasteiger partial charge in [-0.15, -0.1) is 0 Å². The lowest BCUT2D eigenvalue weighted by molar-refractivity contribution is 0.0526. The topological polar surface area (TPSA) is 72.0 Å². The van der Waals surface area contributed by atoms with Crippen molar-refractivity contribution >= 4 is 17.7 Å². The first-order valence-corrected chi connectivity index (χ1v) is 10.1. The van der Waals surface area contributed by atoms with Crippen molar-refractivity contribution in [3.8, 4) is 0 Å². The molecule has 0 radical (unpaired) electrons. The van der Waals surface area contributed by atoms with Gasteiger partial charge < -0.3 is 9.72 Å². The summed E-state index contributed by atoms with van der Waals surface area (Å²) in [5.41, 5.74) is 3.98. The van der Waals surface area contributed by atoms with Crippen LogP contribution in [0.4, 0.5) is 0 Å². The molecule has 6 heteroatoms. The third-order valence-electron chi connectivity index (χ3n) is 4.26. The van der Waals surface area contributed by atoms with Crippen molar-refractivity contribution in [2.24, 2.45) is 0 Å². The number of carbonyl (C=O) groups is 1. The molecule has 28 heavy (non-hydrogen) atoms. The molecule has 0 fully saturated rings. The van der Waals surface area contributed by atoms with Gasteiger partial charge in [0.25, 0.3) is 5.56 Å². The highest BCUT2D eigenvalue weighted by molar-refractivity contribution is 7.98. The molecule has 1 aromatic heterocycles. The molecule has 3 aromatic rings. The second-order valence-corrected chi connectivity index (χ2v) is 7.27. The fourth-order valence-electron chi connectivity index (χ4n) is 2.76. The standard InChI is InChI=1S/C22H22N2O3S/c1-3-27-21(26)18-11-9-17(10-12-18)14-28-22-23-15(2)19(20(25)24-22)13-16-7-5-4-6-8-16/h4-12H,3,13-14H2,1-2H3,(H,23,24,25). The van der Waals surface area contributed by atoms with E-state index in [1.165, 1.54) is 11.8 Å². The number of carbonyl (C=O) groups excluding carboxylic acids is 1. The van der Waals surface area contributed by atoms with Crippen molar-refractivity contribution in [2.45, 2.75) is 31.2 Å². The van der Waals surface area contributed by atoms with Crippen LogP contribution in [0.25, 0.3) is 0 Å². The zero-order valence-electron chi connectivity index (χ0n) is 15.9. The Kier molecular flexibility index (Phi) is 6.66. The minimum absolute atomic E-state index is 0.100. The minimum Gasteiger partial charge on any atom is -0.462 e. The molecule has 0 saturated carbocycles. The van der Waals surface area contributed by atoms with Crippen LogP contribution in [0.3, 0.4) is 0 Å². The molecular formula is C22H22N2O3S. The van der Waals surface area contributed by atoms with Gasteiger partial charge in [-0.1, -0.05) is 54.2 Å². The van der Waals surface area contributed by atoms with E-state index in [1.807, 2.05) is 49.4 Å². The molecule has 0 aliphatic rings. The maximum Gasteiger partial charge on any atom is 0.338 e. The lowest BCUT2D eigenvalue weighted by Crippen LogP contribution is -2.17. The average Bonchev–Trinajstić information content (AvgIpc) is 2.70. The van der Waals surface area contributed by atoms with Crippen LogP contribution in [0.1, 0.15) is 39.7 Å². The van der Waals surface area contributed by atoms with E-state index in [4.69, 9.17) is 4.74 Å². The first-order chi connectivity index (χ1) is 13.6. The second-order valence-electron chi connectivity index (χ2n) is 6.30. The molecule has 3 rings (SSSR count). The number of benzene rings is 2. The number of hydrogen-bond donors (Lipinski definition) is 1. The molecule has 0 atom stereocenters. The predicted molar refractivity (Wildman–Crippen MR) is 111 cm³/mol. The van der Waals surface area contributed by atoms with Gasteiger partial charge in [0.05, 0.1) is 12.2 Å². The molecule has 1 heterocycles. The molecule has 2 aromatic carbocycles. The van der Waals surface area contributed by atoms with Gasteiger partial charge in [0.2, 0.25) is 0 Å². The number of aromatic amines is 1. The van der Waals surface area contributed by atoms with E-state index >= 15 is 0 Å². The van der Waals surface area contributed by atoms with Gasteiger partial charge in [-0.25, -0.2) is 9.78 Å².